The lowest BCUT2D eigenvalue weighted by molar-refractivity contribution is -0.142. The molecule has 1 aromatic carbocycles. The zero-order valence-corrected chi connectivity index (χ0v) is 11.7. The van der Waals surface area contributed by atoms with Crippen LogP contribution < -0.4 is 15.4 Å². The number of para-hydroxylation sites is 1. The summed E-state index contributed by atoms with van der Waals surface area (Å²) in [6.07, 6.45) is 0. The second kappa shape index (κ2) is 4.05. The molecule has 19 heavy (non-hydrogen) atoms. The van der Waals surface area contributed by atoms with E-state index in [9.17, 15) is 9.90 Å². The molecule has 0 radical (unpaired) electrons. The van der Waals surface area contributed by atoms with E-state index in [1.165, 1.54) is 0 Å². The van der Waals surface area contributed by atoms with Crippen LogP contribution in [0.4, 0.5) is 11.4 Å². The van der Waals surface area contributed by atoms with Gasteiger partial charge >= 0.3 is 5.97 Å². The number of aliphatic carboxylic acids is 1. The van der Waals surface area contributed by atoms with Gasteiger partial charge in [-0.3, -0.25) is 0 Å². The molecule has 5 nitrogen and oxygen atoms in total. The first-order valence-electron chi connectivity index (χ1n) is 6.24. The number of nitrogen functional groups attached to an aromatic ring is 1. The summed E-state index contributed by atoms with van der Waals surface area (Å²) in [4.78, 5) is 13.3. The van der Waals surface area contributed by atoms with E-state index < -0.39 is 17.1 Å². The van der Waals surface area contributed by atoms with E-state index in [-0.39, 0.29) is 0 Å². The number of anilines is 2. The number of carboxylic acids is 1. The Morgan fingerprint density at radius 1 is 1.47 bits per heavy atom. The Bertz CT molecular complexity index is 523. The van der Waals surface area contributed by atoms with Crippen molar-refractivity contribution in [1.29, 1.82) is 0 Å². The lowest BCUT2D eigenvalue weighted by atomic mass is 9.95. The minimum Gasteiger partial charge on any atom is -0.484 e. The zero-order valence-electron chi connectivity index (χ0n) is 11.7. The number of rotatable bonds is 2. The molecule has 1 heterocycles. The van der Waals surface area contributed by atoms with Crippen molar-refractivity contribution in [2.75, 3.05) is 17.2 Å². The summed E-state index contributed by atoms with van der Waals surface area (Å²) in [6.45, 7) is 7.68. The molecule has 0 amide bonds. The monoisotopic (exact) mass is 264 g/mol. The first kappa shape index (κ1) is 13.5. The Morgan fingerprint density at radius 2 is 2.11 bits per heavy atom. The van der Waals surface area contributed by atoms with Crippen molar-refractivity contribution in [3.63, 3.8) is 0 Å². The smallest absolute Gasteiger partial charge is 0.328 e. The van der Waals surface area contributed by atoms with Gasteiger partial charge in [0, 0.05) is 0 Å². The van der Waals surface area contributed by atoms with Gasteiger partial charge in [0.15, 0.2) is 0 Å². The SMILES string of the molecule is CC1(C)CN(C(C)(C)C(=O)O)c2c(N)cccc2O1. The molecule has 1 aliphatic rings. The van der Waals surface area contributed by atoms with Gasteiger partial charge in [0.25, 0.3) is 0 Å². The molecular formula is C14H20N2O3. The molecule has 0 bridgehead atoms. The van der Waals surface area contributed by atoms with Crippen molar-refractivity contribution >= 4 is 17.3 Å². The number of nitrogens with zero attached hydrogens (tertiary/aromatic N) is 1. The van der Waals surface area contributed by atoms with Crippen LogP contribution in [0.1, 0.15) is 27.7 Å². The highest BCUT2D eigenvalue weighted by Crippen LogP contribution is 2.44. The molecule has 0 unspecified atom stereocenters. The predicted octanol–water partition coefficient (Wildman–Crippen LogP) is 2.11. The molecule has 5 heteroatoms. The maximum Gasteiger partial charge on any atom is 0.328 e. The first-order chi connectivity index (χ1) is 8.65. The van der Waals surface area contributed by atoms with Gasteiger partial charge in [-0.15, -0.1) is 0 Å². The summed E-state index contributed by atoms with van der Waals surface area (Å²) in [5.41, 5.74) is 5.68. The van der Waals surface area contributed by atoms with Crippen LogP contribution >= 0.6 is 0 Å². The number of carbonyl (C=O) groups is 1. The third-order valence-corrected chi connectivity index (χ3v) is 3.42. The standard InChI is InChI=1S/C14H20N2O3/c1-13(2)8-16(14(3,4)12(17)18)11-9(15)6-5-7-10(11)19-13/h5-7H,8,15H2,1-4H3,(H,17,18). The van der Waals surface area contributed by atoms with Gasteiger partial charge < -0.3 is 20.5 Å². The van der Waals surface area contributed by atoms with Gasteiger partial charge in [0.2, 0.25) is 0 Å². The van der Waals surface area contributed by atoms with Gasteiger partial charge in [-0.05, 0) is 39.8 Å². The molecule has 0 fully saturated rings. The maximum absolute atomic E-state index is 11.5. The molecular weight excluding hydrogens is 244 g/mol. The molecule has 0 saturated heterocycles. The van der Waals surface area contributed by atoms with E-state index in [0.717, 1.165) is 0 Å². The van der Waals surface area contributed by atoms with E-state index in [4.69, 9.17) is 10.5 Å². The Kier molecular flexibility index (Phi) is 2.88. The van der Waals surface area contributed by atoms with Crippen LogP contribution in [-0.2, 0) is 4.79 Å². The highest BCUT2D eigenvalue weighted by Gasteiger charge is 2.43. The van der Waals surface area contributed by atoms with Gasteiger partial charge in [-0.2, -0.15) is 0 Å². The van der Waals surface area contributed by atoms with E-state index in [1.807, 2.05) is 30.9 Å². The molecule has 2 rings (SSSR count). The number of fused-ring (bicyclic) bond motifs is 1. The van der Waals surface area contributed by atoms with Gasteiger partial charge in [0.05, 0.1) is 12.2 Å². The molecule has 0 saturated carbocycles. The van der Waals surface area contributed by atoms with Crippen molar-refractivity contribution in [1.82, 2.24) is 0 Å². The summed E-state index contributed by atoms with van der Waals surface area (Å²) in [7, 11) is 0. The molecule has 3 N–H and O–H groups in total. The number of carboxylic acid groups (broad SMARTS) is 1. The summed E-state index contributed by atoms with van der Waals surface area (Å²) >= 11 is 0. The van der Waals surface area contributed by atoms with Crippen molar-refractivity contribution in [3.05, 3.63) is 18.2 Å². The van der Waals surface area contributed by atoms with E-state index >= 15 is 0 Å². The van der Waals surface area contributed by atoms with Crippen molar-refractivity contribution < 1.29 is 14.6 Å². The number of benzene rings is 1. The molecule has 0 spiro atoms. The molecule has 104 valence electrons. The Balaban J connectivity index is 2.60. The van der Waals surface area contributed by atoms with E-state index in [0.29, 0.717) is 23.7 Å². The fourth-order valence-electron chi connectivity index (χ4n) is 2.29. The quantitative estimate of drug-likeness (QED) is 0.800. The van der Waals surface area contributed by atoms with Crippen LogP contribution in [0, 0.1) is 0 Å². The fourth-order valence-corrected chi connectivity index (χ4v) is 2.29. The maximum atomic E-state index is 11.5. The molecule has 0 aromatic heterocycles. The Hall–Kier alpha value is -1.91. The van der Waals surface area contributed by atoms with E-state index in [1.54, 1.807) is 19.9 Å². The highest BCUT2D eigenvalue weighted by molar-refractivity contribution is 5.87. The molecule has 0 atom stereocenters. The minimum absolute atomic E-state index is 0.465. The number of hydrogen-bond donors (Lipinski definition) is 2. The second-order valence-corrected chi connectivity index (χ2v) is 6.01. The van der Waals surface area contributed by atoms with Crippen molar-refractivity contribution in [2.45, 2.75) is 38.8 Å². The number of hydrogen-bond acceptors (Lipinski definition) is 4. The zero-order chi connectivity index (χ0) is 14.4. The first-order valence-corrected chi connectivity index (χ1v) is 6.24. The van der Waals surface area contributed by atoms with Crippen LogP contribution in [0.15, 0.2) is 18.2 Å². The van der Waals surface area contributed by atoms with Crippen LogP contribution in [-0.4, -0.2) is 28.8 Å². The lowest BCUT2D eigenvalue weighted by Crippen LogP contribution is -2.58. The average Bonchev–Trinajstić information content (AvgIpc) is 2.26. The fraction of sp³-hybridized carbons (Fsp3) is 0.500. The van der Waals surface area contributed by atoms with E-state index in [2.05, 4.69) is 0 Å². The van der Waals surface area contributed by atoms with Crippen LogP contribution in [0.3, 0.4) is 0 Å². The summed E-state index contributed by atoms with van der Waals surface area (Å²) in [5.74, 6) is -0.259. The summed E-state index contributed by atoms with van der Waals surface area (Å²) in [6, 6.07) is 5.38. The van der Waals surface area contributed by atoms with Gasteiger partial charge in [0.1, 0.15) is 22.6 Å². The third-order valence-electron chi connectivity index (χ3n) is 3.42. The number of ether oxygens (including phenoxy) is 1. The van der Waals surface area contributed by atoms with Crippen LogP contribution in [0.2, 0.25) is 0 Å². The molecule has 1 aliphatic heterocycles. The Labute approximate surface area is 113 Å². The predicted molar refractivity (Wildman–Crippen MR) is 74.6 cm³/mol. The summed E-state index contributed by atoms with van der Waals surface area (Å²) in [5, 5.41) is 9.46. The van der Waals surface area contributed by atoms with Gasteiger partial charge in [-0.1, -0.05) is 6.07 Å². The topological polar surface area (TPSA) is 75.8 Å². The second-order valence-electron chi connectivity index (χ2n) is 6.01. The third kappa shape index (κ3) is 2.20. The van der Waals surface area contributed by atoms with Crippen LogP contribution in [0.25, 0.3) is 0 Å². The minimum atomic E-state index is -1.05. The molecule has 1 aromatic rings. The summed E-state index contributed by atoms with van der Waals surface area (Å²) < 4.78 is 5.89. The largest absolute Gasteiger partial charge is 0.484 e. The normalized spacial score (nSPS) is 17.6. The van der Waals surface area contributed by atoms with Crippen molar-refractivity contribution in [3.8, 4) is 5.75 Å². The van der Waals surface area contributed by atoms with Crippen LogP contribution in [0.5, 0.6) is 5.75 Å². The number of nitrogens with two attached hydrogens (primary N) is 1. The highest BCUT2D eigenvalue weighted by atomic mass is 16.5. The lowest BCUT2D eigenvalue weighted by Gasteiger charge is -2.47. The average molecular weight is 264 g/mol. The van der Waals surface area contributed by atoms with Gasteiger partial charge in [-0.25, -0.2) is 4.79 Å². The van der Waals surface area contributed by atoms with Crippen molar-refractivity contribution in [2.24, 2.45) is 0 Å². The Morgan fingerprint density at radius 3 is 2.68 bits per heavy atom. The molecule has 0 aliphatic carbocycles.